The third-order valence-corrected chi connectivity index (χ3v) is 7.15. The number of phenols is 1. The molecule has 6 rings (SSSR count). The Labute approximate surface area is 157 Å². The topological polar surface area (TPSA) is 61.8 Å². The molecule has 2 aliphatic carbocycles. The Morgan fingerprint density at radius 2 is 2.04 bits per heavy atom. The minimum absolute atomic E-state index is 0.173. The van der Waals surface area contributed by atoms with Crippen LogP contribution in [-0.4, -0.2) is 34.6 Å². The summed E-state index contributed by atoms with van der Waals surface area (Å²) in [6.45, 7) is 0.859. The van der Waals surface area contributed by atoms with Crippen LogP contribution < -0.4 is 10.2 Å². The van der Waals surface area contributed by atoms with E-state index in [2.05, 4.69) is 22.6 Å². The molecule has 4 atom stereocenters. The highest BCUT2D eigenvalue weighted by Crippen LogP contribution is 2.63. The molecule has 2 heterocycles. The van der Waals surface area contributed by atoms with Crippen LogP contribution in [0.2, 0.25) is 0 Å². The number of piperidine rings is 1. The van der Waals surface area contributed by atoms with Gasteiger partial charge in [-0.05, 0) is 48.9 Å². The number of aromatic hydroxyl groups is 1. The number of hydrogen-bond donors (Lipinski definition) is 2. The van der Waals surface area contributed by atoms with Gasteiger partial charge < -0.3 is 15.3 Å². The summed E-state index contributed by atoms with van der Waals surface area (Å²) in [5.74, 6) is 1.30. The molecule has 1 spiro atoms. The minimum atomic E-state index is -0.431. The number of anilines is 1. The van der Waals surface area contributed by atoms with E-state index in [1.807, 2.05) is 24.3 Å². The second kappa shape index (κ2) is 5.26. The number of nitrogens with one attached hydrogen (secondary N) is 1. The van der Waals surface area contributed by atoms with Gasteiger partial charge in [-0.3, -0.25) is 4.79 Å². The number of nitrogens with zero attached hydrogens (tertiary/aromatic N) is 1. The fraction of sp³-hybridized carbons (Fsp3) is 0.409. The van der Waals surface area contributed by atoms with Crippen molar-refractivity contribution in [2.75, 3.05) is 12.0 Å². The molecule has 5 heteroatoms. The molecule has 4 aliphatic rings. The molecule has 2 fully saturated rings. The number of ketones is 1. The molecule has 2 unspecified atom stereocenters. The van der Waals surface area contributed by atoms with Crippen molar-refractivity contribution >= 4 is 11.5 Å². The average molecular weight is 362 g/mol. The highest BCUT2D eigenvalue weighted by atomic mass is 16.5. The lowest BCUT2D eigenvalue weighted by Crippen LogP contribution is -2.67. The second-order valence-corrected chi connectivity index (χ2v) is 8.29. The zero-order valence-electron chi connectivity index (χ0n) is 15.0. The van der Waals surface area contributed by atoms with Crippen molar-refractivity contribution in [3.8, 4) is 11.5 Å². The van der Waals surface area contributed by atoms with Crippen LogP contribution in [0.1, 0.15) is 30.4 Å². The summed E-state index contributed by atoms with van der Waals surface area (Å²) in [7, 11) is 0. The van der Waals surface area contributed by atoms with Gasteiger partial charge >= 0.3 is 0 Å². The minimum Gasteiger partial charge on any atom is -0.504 e. The van der Waals surface area contributed by atoms with Gasteiger partial charge in [-0.1, -0.05) is 24.3 Å². The van der Waals surface area contributed by atoms with Gasteiger partial charge in [0.1, 0.15) is 0 Å². The number of Topliss-reactive ketones (excluding diaryl/α,β-unsaturated/α-hetero) is 1. The quantitative estimate of drug-likeness (QED) is 0.860. The number of para-hydroxylation sites is 1. The van der Waals surface area contributed by atoms with Crippen molar-refractivity contribution in [1.82, 2.24) is 5.01 Å². The first-order valence-electron chi connectivity index (χ1n) is 9.81. The molecule has 138 valence electrons. The normalized spacial score (nSPS) is 33.3. The predicted molar refractivity (Wildman–Crippen MR) is 101 cm³/mol. The zero-order chi connectivity index (χ0) is 18.2. The largest absolute Gasteiger partial charge is 0.504 e. The van der Waals surface area contributed by atoms with Crippen LogP contribution in [0.4, 0.5) is 5.69 Å². The maximum Gasteiger partial charge on any atom is 0.174 e. The van der Waals surface area contributed by atoms with E-state index >= 15 is 0 Å². The van der Waals surface area contributed by atoms with E-state index in [-0.39, 0.29) is 16.9 Å². The summed E-state index contributed by atoms with van der Waals surface area (Å²) in [5.41, 5.74) is 6.79. The Hall–Kier alpha value is -2.53. The SMILES string of the molecule is O=C1CCC2C3Cc4ccc(O)c5c4[C@@]2(CCN3Nc2ccccc2)[C@H]1O5. The van der Waals surface area contributed by atoms with Gasteiger partial charge in [-0.15, -0.1) is 0 Å². The summed E-state index contributed by atoms with van der Waals surface area (Å²) in [6, 6.07) is 14.3. The monoisotopic (exact) mass is 362 g/mol. The Bertz CT molecular complexity index is 944. The van der Waals surface area contributed by atoms with Crippen LogP contribution in [0.5, 0.6) is 11.5 Å². The van der Waals surface area contributed by atoms with E-state index in [1.165, 1.54) is 5.56 Å². The summed E-state index contributed by atoms with van der Waals surface area (Å²) in [5, 5.41) is 12.7. The van der Waals surface area contributed by atoms with Crippen LogP contribution in [0, 0.1) is 5.92 Å². The Kier molecular flexibility index (Phi) is 3.02. The molecule has 2 aliphatic heterocycles. The number of carbonyl (C=O) groups excluding carboxylic acids is 1. The maximum absolute atomic E-state index is 12.8. The molecule has 2 aromatic rings. The van der Waals surface area contributed by atoms with Gasteiger partial charge in [0.2, 0.25) is 0 Å². The fourth-order valence-electron chi connectivity index (χ4n) is 6.15. The number of benzene rings is 2. The number of phenolic OH excluding ortho intramolecular Hbond substituents is 1. The molecule has 0 aromatic heterocycles. The third kappa shape index (κ3) is 1.90. The van der Waals surface area contributed by atoms with E-state index in [4.69, 9.17) is 4.74 Å². The average Bonchev–Trinajstić information content (AvgIpc) is 3.04. The number of carbonyl (C=O) groups is 1. The van der Waals surface area contributed by atoms with Crippen LogP contribution in [0.25, 0.3) is 0 Å². The Morgan fingerprint density at radius 1 is 1.19 bits per heavy atom. The fourth-order valence-corrected chi connectivity index (χ4v) is 6.15. The highest BCUT2D eigenvalue weighted by molar-refractivity contribution is 5.89. The van der Waals surface area contributed by atoms with Crippen LogP contribution >= 0.6 is 0 Å². The van der Waals surface area contributed by atoms with E-state index in [0.29, 0.717) is 24.1 Å². The van der Waals surface area contributed by atoms with Crippen molar-refractivity contribution in [3.05, 3.63) is 53.6 Å². The predicted octanol–water partition coefficient (Wildman–Crippen LogP) is 3.03. The molecular weight excluding hydrogens is 340 g/mol. The number of hydrogen-bond acceptors (Lipinski definition) is 5. The van der Waals surface area contributed by atoms with E-state index in [0.717, 1.165) is 37.1 Å². The van der Waals surface area contributed by atoms with Crippen LogP contribution in [0.3, 0.4) is 0 Å². The first-order valence-corrected chi connectivity index (χ1v) is 9.81. The van der Waals surface area contributed by atoms with Gasteiger partial charge in [0, 0.05) is 35.7 Å². The highest BCUT2D eigenvalue weighted by Gasteiger charge is 2.66. The lowest BCUT2D eigenvalue weighted by atomic mass is 9.52. The van der Waals surface area contributed by atoms with Gasteiger partial charge in [-0.25, -0.2) is 5.01 Å². The molecule has 0 amide bonds. The standard InChI is InChI=1S/C22H22N2O3/c25-17-8-6-13-12-16-15-7-9-18(26)21-22(15,19(13)20(17)27-21)10-11-24(16)23-14-4-2-1-3-5-14/h1-6,8,15-16,21,23,25H,7,9-12H2/t15?,16?,21-,22-/m0/s1. The maximum atomic E-state index is 12.8. The number of hydrazine groups is 1. The van der Waals surface area contributed by atoms with Crippen LogP contribution in [-0.2, 0) is 16.6 Å². The molecule has 2 aromatic carbocycles. The molecule has 27 heavy (non-hydrogen) atoms. The number of ether oxygens (including phenoxy) is 1. The Balaban J connectivity index is 1.47. The van der Waals surface area contributed by atoms with Gasteiger partial charge in [-0.2, -0.15) is 0 Å². The second-order valence-electron chi connectivity index (χ2n) is 8.29. The summed E-state index contributed by atoms with van der Waals surface area (Å²) >= 11 is 0. The van der Waals surface area contributed by atoms with E-state index in [9.17, 15) is 9.90 Å². The van der Waals surface area contributed by atoms with Crippen molar-refractivity contribution in [2.45, 2.75) is 43.2 Å². The molecule has 5 nitrogen and oxygen atoms in total. The van der Waals surface area contributed by atoms with Crippen molar-refractivity contribution in [2.24, 2.45) is 5.92 Å². The van der Waals surface area contributed by atoms with Crippen molar-refractivity contribution in [1.29, 1.82) is 0 Å². The molecule has 2 N–H and O–H groups in total. The lowest BCUT2D eigenvalue weighted by molar-refractivity contribution is -0.138. The van der Waals surface area contributed by atoms with E-state index in [1.54, 1.807) is 6.07 Å². The number of rotatable bonds is 2. The molecule has 1 saturated heterocycles. The first-order chi connectivity index (χ1) is 13.2. The van der Waals surface area contributed by atoms with Gasteiger partial charge in [0.05, 0.1) is 0 Å². The van der Waals surface area contributed by atoms with Crippen molar-refractivity contribution in [3.63, 3.8) is 0 Å². The first kappa shape index (κ1) is 15.5. The molecule has 0 radical (unpaired) electrons. The van der Waals surface area contributed by atoms with Crippen molar-refractivity contribution < 1.29 is 14.6 Å². The molecule has 1 saturated carbocycles. The van der Waals surface area contributed by atoms with Gasteiger partial charge in [0.15, 0.2) is 23.4 Å². The zero-order valence-corrected chi connectivity index (χ0v) is 15.0. The van der Waals surface area contributed by atoms with E-state index < -0.39 is 6.10 Å². The summed E-state index contributed by atoms with van der Waals surface area (Å²) in [6.07, 6.45) is 2.81. The molecular formula is C22H22N2O3. The smallest absolute Gasteiger partial charge is 0.174 e. The lowest BCUT2D eigenvalue weighted by Gasteiger charge is -2.57. The summed E-state index contributed by atoms with van der Waals surface area (Å²) in [4.78, 5) is 12.8. The Morgan fingerprint density at radius 3 is 2.89 bits per heavy atom. The third-order valence-electron chi connectivity index (χ3n) is 7.15. The summed E-state index contributed by atoms with van der Waals surface area (Å²) < 4.78 is 6.14. The van der Waals surface area contributed by atoms with Crippen LogP contribution in [0.15, 0.2) is 42.5 Å². The van der Waals surface area contributed by atoms with Gasteiger partial charge in [0.25, 0.3) is 0 Å². The molecule has 2 bridgehead atoms.